The molecule has 0 aliphatic carbocycles. The number of benzene rings is 3. The number of amides is 1. The Labute approximate surface area is 170 Å². The number of halogens is 2. The summed E-state index contributed by atoms with van der Waals surface area (Å²) in [7, 11) is 0. The normalized spacial score (nSPS) is 18.5. The minimum atomic E-state index is -0.314. The molecule has 3 nitrogen and oxygen atoms in total. The average Bonchev–Trinajstić information content (AvgIpc) is 3.15. The highest BCUT2D eigenvalue weighted by molar-refractivity contribution is 5.85. The zero-order valence-electron chi connectivity index (χ0n) is 15.3. The van der Waals surface area contributed by atoms with Crippen LogP contribution in [0.5, 0.6) is 0 Å². The molecule has 1 aliphatic rings. The van der Waals surface area contributed by atoms with Gasteiger partial charge in [0.25, 0.3) is 0 Å². The van der Waals surface area contributed by atoms with Crippen molar-refractivity contribution in [3.05, 3.63) is 90.2 Å². The summed E-state index contributed by atoms with van der Waals surface area (Å²) in [6.45, 7) is 1.24. The number of hydrogen-bond acceptors (Lipinski definition) is 2. The molecule has 3 aromatic carbocycles. The summed E-state index contributed by atoms with van der Waals surface area (Å²) in [5.41, 5.74) is 9.97. The monoisotopic (exact) mass is 396 g/mol. The Balaban J connectivity index is 0.00000225. The molecule has 0 aromatic heterocycles. The third kappa shape index (κ3) is 4.02. The van der Waals surface area contributed by atoms with Gasteiger partial charge in [0.15, 0.2) is 0 Å². The molecular formula is C23H22ClFN2O. The zero-order valence-corrected chi connectivity index (χ0v) is 16.1. The first-order valence-corrected chi connectivity index (χ1v) is 9.07. The van der Waals surface area contributed by atoms with E-state index in [9.17, 15) is 9.18 Å². The van der Waals surface area contributed by atoms with Gasteiger partial charge in [0.05, 0.1) is 5.92 Å². The van der Waals surface area contributed by atoms with Gasteiger partial charge in [0, 0.05) is 24.7 Å². The topological polar surface area (TPSA) is 46.3 Å². The van der Waals surface area contributed by atoms with Crippen LogP contribution in [0.3, 0.4) is 0 Å². The lowest BCUT2D eigenvalue weighted by Gasteiger charge is -2.19. The predicted molar refractivity (Wildman–Crippen MR) is 113 cm³/mol. The number of nitrogens with zero attached hydrogens (tertiary/aromatic N) is 1. The molecular weight excluding hydrogens is 375 g/mol. The Morgan fingerprint density at radius 2 is 1.57 bits per heavy atom. The number of hydrogen-bond donors (Lipinski definition) is 1. The largest absolute Gasteiger partial charge is 0.370 e. The van der Waals surface area contributed by atoms with E-state index in [2.05, 4.69) is 35.2 Å². The van der Waals surface area contributed by atoms with E-state index >= 15 is 0 Å². The van der Waals surface area contributed by atoms with Crippen molar-refractivity contribution in [1.29, 1.82) is 0 Å². The van der Waals surface area contributed by atoms with Gasteiger partial charge in [0.1, 0.15) is 5.82 Å². The van der Waals surface area contributed by atoms with Crippen molar-refractivity contribution in [2.45, 2.75) is 5.92 Å². The smallest absolute Gasteiger partial charge is 0.223 e. The second-order valence-corrected chi connectivity index (χ2v) is 6.99. The van der Waals surface area contributed by atoms with E-state index in [1.54, 1.807) is 12.1 Å². The van der Waals surface area contributed by atoms with E-state index in [0.29, 0.717) is 13.1 Å². The fourth-order valence-electron chi connectivity index (χ4n) is 3.86. The molecule has 2 unspecified atom stereocenters. The van der Waals surface area contributed by atoms with Crippen LogP contribution in [-0.2, 0) is 4.79 Å². The molecule has 2 N–H and O–H groups in total. The molecule has 0 saturated carbocycles. The van der Waals surface area contributed by atoms with Gasteiger partial charge >= 0.3 is 0 Å². The van der Waals surface area contributed by atoms with Crippen LogP contribution >= 0.6 is 12.4 Å². The van der Waals surface area contributed by atoms with Gasteiger partial charge in [-0.25, -0.2) is 4.39 Å². The van der Waals surface area contributed by atoms with Crippen molar-refractivity contribution in [2.75, 3.05) is 18.0 Å². The van der Waals surface area contributed by atoms with Gasteiger partial charge < -0.3 is 10.6 Å². The van der Waals surface area contributed by atoms with Gasteiger partial charge in [0.2, 0.25) is 5.91 Å². The van der Waals surface area contributed by atoms with Gasteiger partial charge in [-0.15, -0.1) is 12.4 Å². The van der Waals surface area contributed by atoms with E-state index < -0.39 is 0 Å². The molecule has 1 amide bonds. The molecule has 1 heterocycles. The Bertz CT molecular complexity index is 946. The summed E-state index contributed by atoms with van der Waals surface area (Å²) >= 11 is 0. The number of carbonyl (C=O) groups is 1. The molecule has 0 spiro atoms. The summed E-state index contributed by atoms with van der Waals surface area (Å²) in [5, 5.41) is 0. The fraction of sp³-hybridized carbons (Fsp3) is 0.174. The predicted octanol–water partition coefficient (Wildman–Crippen LogP) is 4.62. The van der Waals surface area contributed by atoms with E-state index in [1.165, 1.54) is 12.1 Å². The fourth-order valence-corrected chi connectivity index (χ4v) is 3.86. The highest BCUT2D eigenvalue weighted by Crippen LogP contribution is 2.36. The van der Waals surface area contributed by atoms with Gasteiger partial charge in [-0.05, 0) is 41.0 Å². The highest BCUT2D eigenvalue weighted by atomic mass is 35.5. The Kier molecular flexibility index (Phi) is 6.00. The van der Waals surface area contributed by atoms with E-state index in [4.69, 9.17) is 5.73 Å². The van der Waals surface area contributed by atoms with Crippen molar-refractivity contribution >= 4 is 24.0 Å². The van der Waals surface area contributed by atoms with Crippen molar-refractivity contribution in [2.24, 2.45) is 11.7 Å². The lowest BCUT2D eigenvalue weighted by molar-refractivity contribution is -0.121. The molecule has 3 aromatic rings. The van der Waals surface area contributed by atoms with Gasteiger partial charge in [-0.3, -0.25) is 4.79 Å². The van der Waals surface area contributed by atoms with Crippen molar-refractivity contribution in [3.8, 4) is 11.1 Å². The highest BCUT2D eigenvalue weighted by Gasteiger charge is 2.37. The molecule has 0 radical (unpaired) electrons. The lowest BCUT2D eigenvalue weighted by Crippen LogP contribution is -2.29. The zero-order chi connectivity index (χ0) is 18.8. The van der Waals surface area contributed by atoms with Crippen molar-refractivity contribution < 1.29 is 9.18 Å². The van der Waals surface area contributed by atoms with E-state index in [1.807, 2.05) is 24.3 Å². The van der Waals surface area contributed by atoms with Crippen LogP contribution in [0.2, 0.25) is 0 Å². The molecule has 5 heteroatoms. The SMILES string of the molecule is Cl.NC(=O)C1CN(c2cccc(-c3ccccc3)c2)CC1c1ccc(F)cc1. The summed E-state index contributed by atoms with van der Waals surface area (Å²) in [6.07, 6.45) is 0. The maximum atomic E-state index is 13.3. The molecule has 1 fully saturated rings. The molecule has 1 aliphatic heterocycles. The molecule has 1 saturated heterocycles. The Morgan fingerprint density at radius 3 is 2.25 bits per heavy atom. The molecule has 28 heavy (non-hydrogen) atoms. The van der Waals surface area contributed by atoms with Crippen LogP contribution in [0.25, 0.3) is 11.1 Å². The van der Waals surface area contributed by atoms with Gasteiger partial charge in [-0.2, -0.15) is 0 Å². The van der Waals surface area contributed by atoms with Crippen LogP contribution in [0.1, 0.15) is 11.5 Å². The number of nitrogens with two attached hydrogens (primary N) is 1. The summed E-state index contributed by atoms with van der Waals surface area (Å²) in [4.78, 5) is 14.2. The maximum absolute atomic E-state index is 13.3. The third-order valence-electron chi connectivity index (χ3n) is 5.30. The Morgan fingerprint density at radius 1 is 0.893 bits per heavy atom. The number of primary amides is 1. The molecule has 144 valence electrons. The minimum Gasteiger partial charge on any atom is -0.370 e. The van der Waals surface area contributed by atoms with Crippen LogP contribution in [-0.4, -0.2) is 19.0 Å². The summed E-state index contributed by atoms with van der Waals surface area (Å²) in [6, 6.07) is 24.9. The summed E-state index contributed by atoms with van der Waals surface area (Å²) in [5.74, 6) is -0.926. The first kappa shape index (κ1) is 19.9. The first-order chi connectivity index (χ1) is 13.1. The third-order valence-corrected chi connectivity index (χ3v) is 5.30. The number of anilines is 1. The number of carbonyl (C=O) groups excluding carboxylic acids is 1. The molecule has 0 bridgehead atoms. The maximum Gasteiger partial charge on any atom is 0.223 e. The van der Waals surface area contributed by atoms with Crippen molar-refractivity contribution in [1.82, 2.24) is 0 Å². The van der Waals surface area contributed by atoms with E-state index in [0.717, 1.165) is 22.4 Å². The van der Waals surface area contributed by atoms with Crippen LogP contribution in [0, 0.1) is 11.7 Å². The quantitative estimate of drug-likeness (QED) is 0.699. The second kappa shape index (κ2) is 8.44. The van der Waals surface area contributed by atoms with Crippen LogP contribution in [0.4, 0.5) is 10.1 Å². The van der Waals surface area contributed by atoms with Crippen molar-refractivity contribution in [3.63, 3.8) is 0 Å². The second-order valence-electron chi connectivity index (χ2n) is 6.99. The first-order valence-electron chi connectivity index (χ1n) is 9.07. The molecule has 2 atom stereocenters. The molecule has 4 rings (SSSR count). The standard InChI is InChI=1S/C23H21FN2O.ClH/c24-19-11-9-17(10-12-19)21-14-26(15-22(21)23(25)27)20-8-4-7-18(13-20)16-5-2-1-3-6-16;/h1-13,21-22H,14-15H2,(H2,25,27);1H. The number of rotatable bonds is 4. The Hall–Kier alpha value is -2.85. The van der Waals surface area contributed by atoms with Crippen LogP contribution in [0.15, 0.2) is 78.9 Å². The van der Waals surface area contributed by atoms with Gasteiger partial charge in [-0.1, -0.05) is 54.6 Å². The summed E-state index contributed by atoms with van der Waals surface area (Å²) < 4.78 is 13.3. The average molecular weight is 397 g/mol. The minimum absolute atomic E-state index is 0. The lowest BCUT2D eigenvalue weighted by atomic mass is 9.88. The van der Waals surface area contributed by atoms with Crippen LogP contribution < -0.4 is 10.6 Å². The van der Waals surface area contributed by atoms with E-state index in [-0.39, 0.29) is 36.0 Å².